The topological polar surface area (TPSA) is 86.4 Å². The number of hydrogen-bond acceptors (Lipinski definition) is 9. The lowest BCUT2D eigenvalue weighted by Crippen LogP contribution is -2.38. The van der Waals surface area contributed by atoms with Gasteiger partial charge >= 0.3 is 0 Å². The number of nitrogens with one attached hydrogen (secondary N) is 1. The van der Waals surface area contributed by atoms with E-state index in [1.807, 2.05) is 39.0 Å². The van der Waals surface area contributed by atoms with Gasteiger partial charge in [-0.2, -0.15) is 0 Å². The molecule has 43 heavy (non-hydrogen) atoms. The SMILES string of the molecule is O=c1cc(CN(Cc2ccc(N3CCOCC3)c(F)c2)Cc2ccc(N3CCOCC3)c(F)c2)nc(N2CCOCC2)[nH]1. The van der Waals surface area contributed by atoms with E-state index in [9.17, 15) is 4.79 Å². The van der Waals surface area contributed by atoms with Gasteiger partial charge in [0.15, 0.2) is 0 Å². The van der Waals surface area contributed by atoms with Crippen LogP contribution in [-0.4, -0.2) is 93.8 Å². The third-order valence-corrected chi connectivity index (χ3v) is 8.02. The van der Waals surface area contributed by atoms with Gasteiger partial charge in [-0.15, -0.1) is 0 Å². The molecule has 4 heterocycles. The van der Waals surface area contributed by atoms with Gasteiger partial charge < -0.3 is 28.9 Å². The van der Waals surface area contributed by atoms with E-state index in [1.54, 1.807) is 12.1 Å². The third kappa shape index (κ3) is 7.50. The lowest BCUT2D eigenvalue weighted by molar-refractivity contribution is 0.122. The zero-order valence-corrected chi connectivity index (χ0v) is 24.3. The number of nitrogens with zero attached hydrogens (tertiary/aromatic N) is 5. The predicted octanol–water partition coefficient (Wildman–Crippen LogP) is 2.76. The molecule has 3 fully saturated rings. The molecule has 12 heteroatoms. The first-order chi connectivity index (χ1) is 21.0. The number of anilines is 3. The van der Waals surface area contributed by atoms with Gasteiger partial charge in [-0.1, -0.05) is 12.1 Å². The van der Waals surface area contributed by atoms with E-state index in [1.165, 1.54) is 6.07 Å². The Morgan fingerprint density at radius 2 is 1.14 bits per heavy atom. The Labute approximate surface area is 249 Å². The second-order valence-corrected chi connectivity index (χ2v) is 11.1. The van der Waals surface area contributed by atoms with Crippen LogP contribution in [0.2, 0.25) is 0 Å². The van der Waals surface area contributed by atoms with Crippen LogP contribution >= 0.6 is 0 Å². The number of morpholine rings is 3. The number of benzene rings is 2. The number of aromatic nitrogens is 2. The molecule has 1 N–H and O–H groups in total. The zero-order valence-electron chi connectivity index (χ0n) is 24.3. The van der Waals surface area contributed by atoms with Crippen molar-refractivity contribution in [3.8, 4) is 0 Å². The fraction of sp³-hybridized carbons (Fsp3) is 0.484. The molecule has 0 amide bonds. The van der Waals surface area contributed by atoms with E-state index < -0.39 is 0 Å². The highest BCUT2D eigenvalue weighted by Gasteiger charge is 2.20. The second-order valence-electron chi connectivity index (χ2n) is 11.1. The predicted molar refractivity (Wildman–Crippen MR) is 160 cm³/mol. The molecule has 0 saturated carbocycles. The van der Waals surface area contributed by atoms with Gasteiger partial charge in [-0.3, -0.25) is 14.7 Å². The molecule has 0 bridgehead atoms. The van der Waals surface area contributed by atoms with E-state index in [0.29, 0.717) is 122 Å². The van der Waals surface area contributed by atoms with Crippen LogP contribution < -0.4 is 20.3 Å². The summed E-state index contributed by atoms with van der Waals surface area (Å²) in [5, 5.41) is 0. The Morgan fingerprint density at radius 3 is 1.60 bits per heavy atom. The van der Waals surface area contributed by atoms with Gasteiger partial charge in [0.2, 0.25) is 5.95 Å². The number of rotatable bonds is 9. The number of halogens is 2. The van der Waals surface area contributed by atoms with Crippen molar-refractivity contribution < 1.29 is 23.0 Å². The van der Waals surface area contributed by atoms with E-state index in [4.69, 9.17) is 19.2 Å². The summed E-state index contributed by atoms with van der Waals surface area (Å²) in [5.74, 6) is -0.0687. The van der Waals surface area contributed by atoms with E-state index in [-0.39, 0.29) is 17.2 Å². The van der Waals surface area contributed by atoms with Gasteiger partial charge in [-0.05, 0) is 35.4 Å². The van der Waals surface area contributed by atoms with Crippen LogP contribution in [0.25, 0.3) is 0 Å². The Bertz CT molecular complexity index is 1370. The molecule has 0 spiro atoms. The van der Waals surface area contributed by atoms with Gasteiger partial charge in [0.25, 0.3) is 5.56 Å². The minimum absolute atomic E-state index is 0.242. The molecule has 0 unspecified atom stereocenters. The van der Waals surface area contributed by atoms with Gasteiger partial charge in [-0.25, -0.2) is 13.8 Å². The summed E-state index contributed by atoms with van der Waals surface area (Å²) in [6, 6.07) is 12.1. The van der Waals surface area contributed by atoms with Crippen LogP contribution in [0.5, 0.6) is 0 Å². The van der Waals surface area contributed by atoms with Crippen LogP contribution in [0, 0.1) is 11.6 Å². The van der Waals surface area contributed by atoms with E-state index in [2.05, 4.69) is 9.88 Å². The largest absolute Gasteiger partial charge is 0.378 e. The molecular weight excluding hydrogens is 558 g/mol. The average Bonchev–Trinajstić information content (AvgIpc) is 3.02. The van der Waals surface area contributed by atoms with Gasteiger partial charge in [0, 0.05) is 65.0 Å². The van der Waals surface area contributed by atoms with Crippen molar-refractivity contribution in [1.82, 2.24) is 14.9 Å². The zero-order chi connectivity index (χ0) is 29.6. The van der Waals surface area contributed by atoms with Crippen molar-refractivity contribution >= 4 is 17.3 Å². The second kappa shape index (κ2) is 13.8. The standard InChI is InChI=1S/C31H38F2N6O4/c32-26-17-23(1-3-28(26)37-5-11-41-12-6-37)20-36(21-24-2-4-29(27(33)18-24)38-7-13-42-14-8-38)22-25-19-30(40)35-31(34-25)39-9-15-43-16-10-39/h1-4,17-19H,5-16,20-22H2,(H,34,35,40). The monoisotopic (exact) mass is 596 g/mol. The van der Waals surface area contributed by atoms with Crippen molar-refractivity contribution in [3.63, 3.8) is 0 Å². The van der Waals surface area contributed by atoms with Gasteiger partial charge in [0.05, 0.1) is 56.7 Å². The molecule has 3 aromatic rings. The summed E-state index contributed by atoms with van der Waals surface area (Å²) in [6.45, 7) is 8.39. The highest BCUT2D eigenvalue weighted by atomic mass is 19.1. The minimum Gasteiger partial charge on any atom is -0.378 e. The Balaban J connectivity index is 1.24. The minimum atomic E-state index is -0.288. The molecule has 3 aliphatic heterocycles. The Hall–Kier alpha value is -3.58. The fourth-order valence-corrected chi connectivity index (χ4v) is 5.83. The lowest BCUT2D eigenvalue weighted by Gasteiger charge is -2.30. The van der Waals surface area contributed by atoms with Crippen molar-refractivity contribution in [3.05, 3.63) is 81.3 Å². The molecule has 2 aromatic carbocycles. The summed E-state index contributed by atoms with van der Waals surface area (Å²) >= 11 is 0. The third-order valence-electron chi connectivity index (χ3n) is 8.02. The first-order valence-corrected chi connectivity index (χ1v) is 14.9. The van der Waals surface area contributed by atoms with E-state index in [0.717, 1.165) is 11.1 Å². The Morgan fingerprint density at radius 1 is 0.674 bits per heavy atom. The summed E-state index contributed by atoms with van der Waals surface area (Å²) in [5.41, 5.74) is 3.02. The maximum absolute atomic E-state index is 15.3. The van der Waals surface area contributed by atoms with Crippen LogP contribution in [-0.2, 0) is 33.8 Å². The summed E-state index contributed by atoms with van der Waals surface area (Å²) < 4.78 is 46.8. The smallest absolute Gasteiger partial charge is 0.252 e. The van der Waals surface area contributed by atoms with Crippen LogP contribution in [0.1, 0.15) is 16.8 Å². The molecule has 3 aliphatic rings. The highest BCUT2D eigenvalue weighted by Crippen LogP contribution is 2.25. The molecule has 3 saturated heterocycles. The molecule has 0 radical (unpaired) electrons. The number of hydrogen-bond donors (Lipinski definition) is 1. The fourth-order valence-electron chi connectivity index (χ4n) is 5.83. The molecule has 230 valence electrons. The van der Waals surface area contributed by atoms with Crippen molar-refractivity contribution in [2.24, 2.45) is 0 Å². The maximum atomic E-state index is 15.3. The lowest BCUT2D eigenvalue weighted by atomic mass is 10.1. The van der Waals surface area contributed by atoms with Crippen LogP contribution in [0.15, 0.2) is 47.3 Å². The van der Waals surface area contributed by atoms with Gasteiger partial charge in [0.1, 0.15) is 11.6 Å². The molecule has 0 aliphatic carbocycles. The van der Waals surface area contributed by atoms with Crippen molar-refractivity contribution in [2.45, 2.75) is 19.6 Å². The number of ether oxygens (including phenoxy) is 3. The molecule has 0 atom stereocenters. The number of aromatic amines is 1. The normalized spacial score (nSPS) is 18.0. The molecule has 10 nitrogen and oxygen atoms in total. The maximum Gasteiger partial charge on any atom is 0.252 e. The summed E-state index contributed by atoms with van der Waals surface area (Å²) in [7, 11) is 0. The highest BCUT2D eigenvalue weighted by molar-refractivity contribution is 5.50. The summed E-state index contributed by atoms with van der Waals surface area (Å²) in [4.78, 5) is 28.2. The Kier molecular flexibility index (Phi) is 9.47. The van der Waals surface area contributed by atoms with E-state index >= 15 is 8.78 Å². The quantitative estimate of drug-likeness (QED) is 0.401. The van der Waals surface area contributed by atoms with Crippen molar-refractivity contribution in [2.75, 3.05) is 93.6 Å². The van der Waals surface area contributed by atoms with Crippen LogP contribution in [0.4, 0.5) is 26.1 Å². The first-order valence-electron chi connectivity index (χ1n) is 14.9. The van der Waals surface area contributed by atoms with Crippen LogP contribution in [0.3, 0.4) is 0 Å². The molecule has 1 aromatic heterocycles. The molecule has 6 rings (SSSR count). The van der Waals surface area contributed by atoms with Crippen molar-refractivity contribution in [1.29, 1.82) is 0 Å². The molecular formula is C31H38F2N6O4. The average molecular weight is 597 g/mol. The first kappa shape index (κ1) is 29.5. The summed E-state index contributed by atoms with van der Waals surface area (Å²) in [6.07, 6.45) is 0. The number of H-pyrrole nitrogens is 1.